The molecule has 1 fully saturated rings. The highest BCUT2D eigenvalue weighted by atomic mass is 16.2. The van der Waals surface area contributed by atoms with Crippen LogP contribution in [0.4, 0.5) is 0 Å². The molecule has 3 rings (SSSR count). The zero-order valence-corrected chi connectivity index (χ0v) is 14.0. The quantitative estimate of drug-likeness (QED) is 0.837. The summed E-state index contributed by atoms with van der Waals surface area (Å²) in [7, 11) is 0. The number of imidazole rings is 1. The first kappa shape index (κ1) is 16.4. The molecule has 0 radical (unpaired) electrons. The van der Waals surface area contributed by atoms with Gasteiger partial charge in [0.25, 0.3) is 11.5 Å². The van der Waals surface area contributed by atoms with Crippen molar-refractivity contribution in [2.24, 2.45) is 0 Å². The summed E-state index contributed by atoms with van der Waals surface area (Å²) in [5.41, 5.74) is 0.187. The van der Waals surface area contributed by atoms with Gasteiger partial charge in [-0.1, -0.05) is 13.3 Å². The van der Waals surface area contributed by atoms with Gasteiger partial charge >= 0.3 is 0 Å². The third-order valence-electron chi connectivity index (χ3n) is 4.44. The maximum absolute atomic E-state index is 12.8. The zero-order chi connectivity index (χ0) is 16.9. The molecular formula is C17H23N5O2. The highest BCUT2D eigenvalue weighted by molar-refractivity contribution is 5.92. The molecule has 0 aliphatic carbocycles. The van der Waals surface area contributed by atoms with Crippen molar-refractivity contribution in [1.82, 2.24) is 24.2 Å². The van der Waals surface area contributed by atoms with Gasteiger partial charge in [0, 0.05) is 38.1 Å². The number of piperidine rings is 1. The molecule has 24 heavy (non-hydrogen) atoms. The minimum absolute atomic E-state index is 0.106. The molecule has 1 aliphatic heterocycles. The number of carbonyl (C=O) groups excluding carboxylic acids is 1. The molecule has 3 heterocycles. The van der Waals surface area contributed by atoms with Crippen LogP contribution in [0.3, 0.4) is 0 Å². The lowest BCUT2D eigenvalue weighted by molar-refractivity contribution is 0.0670. The van der Waals surface area contributed by atoms with Crippen LogP contribution in [0.15, 0.2) is 35.6 Å². The second-order valence-corrected chi connectivity index (χ2v) is 6.19. The number of amides is 1. The predicted octanol–water partition coefficient (Wildman–Crippen LogP) is 1.72. The number of hydrogen-bond acceptors (Lipinski definition) is 4. The van der Waals surface area contributed by atoms with Crippen LogP contribution in [0.2, 0.25) is 0 Å². The molecule has 0 saturated carbocycles. The van der Waals surface area contributed by atoms with Gasteiger partial charge in [-0.3, -0.25) is 9.59 Å². The van der Waals surface area contributed by atoms with Crippen LogP contribution < -0.4 is 5.56 Å². The number of likely N-dealkylation sites (tertiary alicyclic amines) is 1. The van der Waals surface area contributed by atoms with E-state index >= 15 is 0 Å². The van der Waals surface area contributed by atoms with E-state index in [0.717, 1.165) is 32.2 Å². The van der Waals surface area contributed by atoms with Crippen LogP contribution in [-0.2, 0) is 6.54 Å². The number of rotatable bonds is 5. The first-order valence-corrected chi connectivity index (χ1v) is 8.54. The van der Waals surface area contributed by atoms with Crippen molar-refractivity contribution in [3.63, 3.8) is 0 Å². The second kappa shape index (κ2) is 7.42. The maximum atomic E-state index is 12.8. The lowest BCUT2D eigenvalue weighted by Crippen LogP contribution is -2.41. The van der Waals surface area contributed by atoms with Gasteiger partial charge < -0.3 is 9.47 Å². The molecule has 7 heteroatoms. The Morgan fingerprint density at radius 1 is 1.38 bits per heavy atom. The van der Waals surface area contributed by atoms with Crippen molar-refractivity contribution in [3.8, 4) is 0 Å². The molecule has 0 spiro atoms. The normalized spacial score (nSPS) is 17.9. The van der Waals surface area contributed by atoms with E-state index in [-0.39, 0.29) is 17.5 Å². The van der Waals surface area contributed by atoms with Crippen molar-refractivity contribution in [3.05, 3.63) is 46.9 Å². The molecule has 0 aromatic carbocycles. The van der Waals surface area contributed by atoms with E-state index in [9.17, 15) is 9.59 Å². The van der Waals surface area contributed by atoms with Gasteiger partial charge in [0.05, 0.1) is 12.4 Å². The molecule has 1 amide bonds. The second-order valence-electron chi connectivity index (χ2n) is 6.19. The fraction of sp³-hybridized carbons (Fsp3) is 0.529. The van der Waals surface area contributed by atoms with Gasteiger partial charge in [-0.25, -0.2) is 9.67 Å². The van der Waals surface area contributed by atoms with Gasteiger partial charge in [-0.2, -0.15) is 5.10 Å². The number of aryl methyl sites for hydroxylation is 1. The number of unbranched alkanes of at least 4 members (excludes halogenated alkanes) is 1. The monoisotopic (exact) mass is 329 g/mol. The smallest absolute Gasteiger partial charge is 0.274 e. The van der Waals surface area contributed by atoms with E-state index in [4.69, 9.17) is 0 Å². The summed E-state index contributed by atoms with van der Waals surface area (Å²) in [6.45, 7) is 3.98. The molecule has 0 N–H and O–H groups in total. The first-order chi connectivity index (χ1) is 11.7. The molecule has 0 bridgehead atoms. The Bertz CT molecular complexity index is 738. The molecule has 0 unspecified atom stereocenters. The highest BCUT2D eigenvalue weighted by Gasteiger charge is 2.26. The Labute approximate surface area is 140 Å². The van der Waals surface area contributed by atoms with E-state index in [2.05, 4.69) is 21.6 Å². The number of nitrogens with zero attached hydrogens (tertiary/aromatic N) is 5. The fourth-order valence-electron chi connectivity index (χ4n) is 3.06. The summed E-state index contributed by atoms with van der Waals surface area (Å²) in [6, 6.07) is 3.22. The lowest BCUT2D eigenvalue weighted by Gasteiger charge is -2.33. The Balaban J connectivity index is 1.74. The van der Waals surface area contributed by atoms with Crippen molar-refractivity contribution in [1.29, 1.82) is 0 Å². The van der Waals surface area contributed by atoms with Gasteiger partial charge in [0.15, 0.2) is 0 Å². The molecule has 1 saturated heterocycles. The number of hydrogen-bond donors (Lipinski definition) is 0. The standard InChI is InChI=1S/C17H23N5O2/c1-2-3-10-22-16(23)7-6-15(19-22)17(24)20-9-4-5-14(12-20)21-11-8-18-13-21/h6-8,11,13-14H,2-5,9-10,12H2,1H3/t14-/m0/s1. The minimum atomic E-state index is -0.157. The van der Waals surface area contributed by atoms with E-state index in [0.29, 0.717) is 18.8 Å². The molecule has 128 valence electrons. The van der Waals surface area contributed by atoms with Gasteiger partial charge in [0.2, 0.25) is 0 Å². The summed E-state index contributed by atoms with van der Waals surface area (Å²) in [6.07, 6.45) is 9.31. The molecule has 7 nitrogen and oxygen atoms in total. The summed E-state index contributed by atoms with van der Waals surface area (Å²) < 4.78 is 3.45. The number of aromatic nitrogens is 4. The van der Waals surface area contributed by atoms with Crippen LogP contribution in [0.1, 0.15) is 49.1 Å². The van der Waals surface area contributed by atoms with Gasteiger partial charge in [-0.05, 0) is 25.3 Å². The molecule has 2 aromatic rings. The van der Waals surface area contributed by atoms with Gasteiger partial charge in [-0.15, -0.1) is 0 Å². The van der Waals surface area contributed by atoms with Crippen molar-refractivity contribution in [2.45, 2.75) is 45.2 Å². The largest absolute Gasteiger partial charge is 0.335 e. The van der Waals surface area contributed by atoms with Crippen molar-refractivity contribution in [2.75, 3.05) is 13.1 Å². The average Bonchev–Trinajstić information content (AvgIpc) is 3.15. The van der Waals surface area contributed by atoms with Crippen molar-refractivity contribution < 1.29 is 4.79 Å². The Morgan fingerprint density at radius 3 is 3.00 bits per heavy atom. The van der Waals surface area contributed by atoms with E-state index in [1.54, 1.807) is 12.5 Å². The van der Waals surface area contributed by atoms with Gasteiger partial charge in [0.1, 0.15) is 5.69 Å². The summed E-state index contributed by atoms with van der Waals surface area (Å²) in [5.74, 6) is -0.106. The summed E-state index contributed by atoms with van der Waals surface area (Å²) in [4.78, 5) is 30.5. The Kier molecular flexibility index (Phi) is 5.08. The van der Waals surface area contributed by atoms with Crippen LogP contribution >= 0.6 is 0 Å². The van der Waals surface area contributed by atoms with Crippen LogP contribution in [0.5, 0.6) is 0 Å². The molecule has 1 atom stereocenters. The van der Waals surface area contributed by atoms with E-state index in [1.165, 1.54) is 16.8 Å². The third-order valence-corrected chi connectivity index (χ3v) is 4.44. The zero-order valence-electron chi connectivity index (χ0n) is 14.0. The SMILES string of the molecule is CCCCn1nc(C(=O)N2CCC[C@H](n3ccnc3)C2)ccc1=O. The third kappa shape index (κ3) is 3.55. The first-order valence-electron chi connectivity index (χ1n) is 8.54. The molecular weight excluding hydrogens is 306 g/mol. The Hall–Kier alpha value is -2.44. The average molecular weight is 329 g/mol. The minimum Gasteiger partial charge on any atom is -0.335 e. The van der Waals surface area contributed by atoms with Crippen molar-refractivity contribution >= 4 is 5.91 Å². The highest BCUT2D eigenvalue weighted by Crippen LogP contribution is 2.22. The van der Waals surface area contributed by atoms with E-state index < -0.39 is 0 Å². The summed E-state index contributed by atoms with van der Waals surface area (Å²) >= 11 is 0. The fourth-order valence-corrected chi connectivity index (χ4v) is 3.06. The maximum Gasteiger partial charge on any atom is 0.274 e. The lowest BCUT2D eigenvalue weighted by atomic mass is 10.1. The van der Waals surface area contributed by atoms with Crippen LogP contribution in [-0.4, -0.2) is 43.2 Å². The van der Waals surface area contributed by atoms with E-state index in [1.807, 2.05) is 11.1 Å². The summed E-state index contributed by atoms with van der Waals surface area (Å²) in [5, 5.41) is 4.27. The topological polar surface area (TPSA) is 73.0 Å². The van der Waals surface area contributed by atoms with Crippen LogP contribution in [0.25, 0.3) is 0 Å². The number of carbonyl (C=O) groups is 1. The molecule has 1 aliphatic rings. The predicted molar refractivity (Wildman–Crippen MR) is 89.8 cm³/mol. The molecule has 2 aromatic heterocycles. The Morgan fingerprint density at radius 2 is 2.25 bits per heavy atom. The van der Waals surface area contributed by atoms with Crippen LogP contribution in [0, 0.1) is 0 Å².